The van der Waals surface area contributed by atoms with Crippen molar-refractivity contribution >= 4 is 5.91 Å². The molecule has 0 saturated heterocycles. The lowest BCUT2D eigenvalue weighted by molar-refractivity contribution is -0.132. The number of carbonyl (C=O) groups excluding carboxylic acids is 1. The average Bonchev–Trinajstić information content (AvgIpc) is 3.12. The number of amides is 1. The monoisotopic (exact) mass is 708 g/mol. The maximum absolute atomic E-state index is 12.5. The standard InChI is InChI=1S/C44H85NO5/c1-3-5-7-9-11-13-15-16-17-18-19-20-21-22-23-24-25-26-28-30-32-34-36-38-42(48)44(50)45-40(39-46)43(49)41(47)37-35-33-31-29-27-14-12-10-8-6-4-2/h22-23,29,31,40-43,46-49H,3-21,24-28,30,32-39H2,1-2H3,(H,45,50)/b23-22-,31-29+. The van der Waals surface area contributed by atoms with E-state index in [1.165, 1.54) is 154 Å². The number of allylic oxidation sites excluding steroid dienone is 4. The Morgan fingerprint density at radius 3 is 1.20 bits per heavy atom. The molecule has 4 atom stereocenters. The van der Waals surface area contributed by atoms with Crippen LogP contribution in [-0.4, -0.2) is 57.3 Å². The maximum Gasteiger partial charge on any atom is 0.249 e. The molecule has 0 heterocycles. The predicted octanol–water partition coefficient (Wildman–Crippen LogP) is 11.2. The van der Waals surface area contributed by atoms with Gasteiger partial charge in [-0.25, -0.2) is 0 Å². The second-order valence-electron chi connectivity index (χ2n) is 15.0. The van der Waals surface area contributed by atoms with Gasteiger partial charge in [0.1, 0.15) is 12.2 Å². The molecule has 0 aromatic heterocycles. The van der Waals surface area contributed by atoms with Crippen molar-refractivity contribution in [1.82, 2.24) is 5.32 Å². The fourth-order valence-corrected chi connectivity index (χ4v) is 6.63. The topological polar surface area (TPSA) is 110 Å². The van der Waals surface area contributed by atoms with Gasteiger partial charge in [0.15, 0.2) is 0 Å². The number of rotatable bonds is 39. The van der Waals surface area contributed by atoms with E-state index in [4.69, 9.17) is 0 Å². The minimum atomic E-state index is -1.28. The Morgan fingerprint density at radius 2 is 0.820 bits per heavy atom. The van der Waals surface area contributed by atoms with Crippen molar-refractivity contribution < 1.29 is 25.2 Å². The van der Waals surface area contributed by atoms with Crippen molar-refractivity contribution in [3.63, 3.8) is 0 Å². The number of hydrogen-bond acceptors (Lipinski definition) is 5. The highest BCUT2D eigenvalue weighted by molar-refractivity contribution is 5.80. The van der Waals surface area contributed by atoms with Gasteiger partial charge in [0.2, 0.25) is 5.91 Å². The lowest BCUT2D eigenvalue weighted by Gasteiger charge is -2.27. The molecule has 0 aromatic rings. The Labute approximate surface area is 310 Å². The van der Waals surface area contributed by atoms with E-state index in [1.54, 1.807) is 0 Å². The first-order valence-electron chi connectivity index (χ1n) is 21.7. The van der Waals surface area contributed by atoms with Gasteiger partial charge in [-0.3, -0.25) is 4.79 Å². The zero-order valence-corrected chi connectivity index (χ0v) is 33.2. The van der Waals surface area contributed by atoms with E-state index in [2.05, 4.69) is 43.5 Å². The van der Waals surface area contributed by atoms with Gasteiger partial charge in [-0.05, 0) is 64.2 Å². The molecule has 0 spiro atoms. The van der Waals surface area contributed by atoms with Gasteiger partial charge in [0.05, 0.1) is 18.8 Å². The van der Waals surface area contributed by atoms with Crippen molar-refractivity contribution in [2.75, 3.05) is 6.61 Å². The number of unbranched alkanes of at least 4 members (excludes halogenated alkanes) is 26. The largest absolute Gasteiger partial charge is 0.394 e. The predicted molar refractivity (Wildman–Crippen MR) is 214 cm³/mol. The lowest BCUT2D eigenvalue weighted by Crippen LogP contribution is -2.53. The van der Waals surface area contributed by atoms with Crippen LogP contribution in [0.2, 0.25) is 0 Å². The minimum Gasteiger partial charge on any atom is -0.394 e. The molecule has 0 aromatic carbocycles. The number of nitrogens with one attached hydrogen (secondary N) is 1. The number of carbonyl (C=O) groups is 1. The molecule has 0 fully saturated rings. The van der Waals surface area contributed by atoms with Crippen molar-refractivity contribution in [3.05, 3.63) is 24.3 Å². The van der Waals surface area contributed by atoms with Gasteiger partial charge < -0.3 is 25.7 Å². The molecule has 0 aliphatic rings. The van der Waals surface area contributed by atoms with Crippen molar-refractivity contribution in [2.24, 2.45) is 0 Å². The molecule has 0 saturated carbocycles. The van der Waals surface area contributed by atoms with E-state index < -0.39 is 36.9 Å². The van der Waals surface area contributed by atoms with Crippen LogP contribution in [0.15, 0.2) is 24.3 Å². The molecule has 6 heteroatoms. The molecule has 0 aliphatic carbocycles. The third-order valence-corrected chi connectivity index (χ3v) is 10.1. The Kier molecular flexibility index (Phi) is 38.1. The third-order valence-electron chi connectivity index (χ3n) is 10.1. The molecule has 4 unspecified atom stereocenters. The van der Waals surface area contributed by atoms with Crippen molar-refractivity contribution in [3.8, 4) is 0 Å². The summed E-state index contributed by atoms with van der Waals surface area (Å²) in [5.74, 6) is -0.597. The smallest absolute Gasteiger partial charge is 0.249 e. The van der Waals surface area contributed by atoms with Crippen LogP contribution in [0.4, 0.5) is 0 Å². The van der Waals surface area contributed by atoms with Gasteiger partial charge >= 0.3 is 0 Å². The molecular weight excluding hydrogens is 622 g/mol. The Hall–Kier alpha value is -1.21. The first kappa shape index (κ1) is 48.8. The summed E-state index contributed by atoms with van der Waals surface area (Å²) in [6, 6.07) is -1.00. The normalized spacial score (nSPS) is 14.4. The SMILES string of the molecule is CCCCCCCC/C=C/CCCC(O)C(O)C(CO)NC(=O)C(O)CCCCCCCCC/C=C\CCCCCCCCCCCCCC. The lowest BCUT2D eigenvalue weighted by atomic mass is 10.00. The first-order chi connectivity index (χ1) is 24.5. The van der Waals surface area contributed by atoms with Crippen molar-refractivity contribution in [2.45, 2.75) is 244 Å². The second kappa shape index (κ2) is 39.0. The van der Waals surface area contributed by atoms with E-state index >= 15 is 0 Å². The molecule has 50 heavy (non-hydrogen) atoms. The number of aliphatic hydroxyl groups excluding tert-OH is 4. The molecule has 296 valence electrons. The first-order valence-corrected chi connectivity index (χ1v) is 21.7. The van der Waals surface area contributed by atoms with E-state index in [1.807, 2.05) is 0 Å². The molecule has 6 nitrogen and oxygen atoms in total. The Balaban J connectivity index is 3.72. The molecule has 0 aliphatic heterocycles. The average molecular weight is 708 g/mol. The highest BCUT2D eigenvalue weighted by Gasteiger charge is 2.28. The third kappa shape index (κ3) is 32.7. The number of aliphatic hydroxyl groups is 4. The van der Waals surface area contributed by atoms with Crippen LogP contribution < -0.4 is 5.32 Å². The van der Waals surface area contributed by atoms with E-state index in [-0.39, 0.29) is 0 Å². The molecule has 0 radical (unpaired) electrons. The molecule has 1 amide bonds. The summed E-state index contributed by atoms with van der Waals surface area (Å²) < 4.78 is 0. The fourth-order valence-electron chi connectivity index (χ4n) is 6.63. The van der Waals surface area contributed by atoms with Gasteiger partial charge in [-0.15, -0.1) is 0 Å². The van der Waals surface area contributed by atoms with E-state index in [0.717, 1.165) is 38.5 Å². The zero-order valence-electron chi connectivity index (χ0n) is 33.2. The maximum atomic E-state index is 12.5. The van der Waals surface area contributed by atoms with Crippen LogP contribution in [0.5, 0.6) is 0 Å². The summed E-state index contributed by atoms with van der Waals surface area (Å²) >= 11 is 0. The van der Waals surface area contributed by atoms with Crippen molar-refractivity contribution in [1.29, 1.82) is 0 Å². The minimum absolute atomic E-state index is 0.359. The van der Waals surface area contributed by atoms with Crippen LogP contribution in [0.3, 0.4) is 0 Å². The van der Waals surface area contributed by atoms with Gasteiger partial charge in [-0.2, -0.15) is 0 Å². The van der Waals surface area contributed by atoms with Crippen LogP contribution >= 0.6 is 0 Å². The number of hydrogen-bond donors (Lipinski definition) is 5. The molecule has 0 rings (SSSR count). The van der Waals surface area contributed by atoms with E-state index in [9.17, 15) is 25.2 Å². The Bertz CT molecular complexity index is 757. The summed E-state index contributed by atoms with van der Waals surface area (Å²) in [4.78, 5) is 12.5. The highest BCUT2D eigenvalue weighted by Crippen LogP contribution is 2.15. The van der Waals surface area contributed by atoms with Gasteiger partial charge in [0.25, 0.3) is 0 Å². The second-order valence-corrected chi connectivity index (χ2v) is 15.0. The zero-order chi connectivity index (χ0) is 36.8. The summed E-state index contributed by atoms with van der Waals surface area (Å²) in [5, 5.41) is 43.5. The van der Waals surface area contributed by atoms with Crippen LogP contribution in [0.1, 0.15) is 219 Å². The quantitative estimate of drug-likeness (QED) is 0.0323. The van der Waals surface area contributed by atoms with Gasteiger partial charge in [0, 0.05) is 0 Å². The fraction of sp³-hybridized carbons (Fsp3) is 0.886. The van der Waals surface area contributed by atoms with E-state index in [0.29, 0.717) is 12.8 Å². The van der Waals surface area contributed by atoms with Gasteiger partial charge in [-0.1, -0.05) is 179 Å². The summed E-state index contributed by atoms with van der Waals surface area (Å²) in [6.07, 6.45) is 43.6. The van der Waals surface area contributed by atoms with Crippen LogP contribution in [-0.2, 0) is 4.79 Å². The summed E-state index contributed by atoms with van der Waals surface area (Å²) in [7, 11) is 0. The highest BCUT2D eigenvalue weighted by atomic mass is 16.3. The summed E-state index contributed by atoms with van der Waals surface area (Å²) in [6.45, 7) is 4.02. The molecular formula is C44H85NO5. The Morgan fingerprint density at radius 1 is 0.480 bits per heavy atom. The molecule has 0 bridgehead atoms. The molecule has 5 N–H and O–H groups in total. The summed E-state index contributed by atoms with van der Waals surface area (Å²) in [5.41, 5.74) is 0. The van der Waals surface area contributed by atoms with Crippen LogP contribution in [0.25, 0.3) is 0 Å². The van der Waals surface area contributed by atoms with Crippen LogP contribution in [0, 0.1) is 0 Å².